The highest BCUT2D eigenvalue weighted by Gasteiger charge is 2.15. The van der Waals surface area contributed by atoms with Crippen LogP contribution in [0.25, 0.3) is 10.8 Å². The summed E-state index contributed by atoms with van der Waals surface area (Å²) in [4.78, 5) is 22.3. The first-order valence-electron chi connectivity index (χ1n) is 7.29. The number of ether oxygens (including phenoxy) is 2. The summed E-state index contributed by atoms with van der Waals surface area (Å²) in [6.45, 7) is 1.65. The van der Waals surface area contributed by atoms with Gasteiger partial charge < -0.3 is 19.9 Å². The molecule has 0 aliphatic rings. The number of benzene rings is 2. The van der Waals surface area contributed by atoms with Gasteiger partial charge in [-0.2, -0.15) is 0 Å². The molecule has 6 nitrogen and oxygen atoms in total. The first-order valence-corrected chi connectivity index (χ1v) is 7.29. The van der Waals surface area contributed by atoms with Crippen LogP contribution in [0.2, 0.25) is 0 Å². The molecule has 0 saturated heterocycles. The number of carbonyl (C=O) groups is 2. The summed E-state index contributed by atoms with van der Waals surface area (Å²) in [6, 6.07) is 13.5. The average molecular weight is 317 g/mol. The smallest absolute Gasteiger partial charge is 0.329 e. The zero-order valence-corrected chi connectivity index (χ0v) is 12.8. The van der Waals surface area contributed by atoms with Gasteiger partial charge in [0.1, 0.15) is 12.4 Å². The molecule has 6 heteroatoms. The normalized spacial score (nSPS) is 11.9. The van der Waals surface area contributed by atoms with Crippen molar-refractivity contribution in [1.82, 2.24) is 5.32 Å². The fourth-order valence-corrected chi connectivity index (χ4v) is 2.09. The van der Waals surface area contributed by atoms with E-state index in [2.05, 4.69) is 5.32 Å². The minimum absolute atomic E-state index is 0.138. The van der Waals surface area contributed by atoms with Crippen LogP contribution >= 0.6 is 0 Å². The first-order chi connectivity index (χ1) is 11.1. The molecule has 2 aromatic rings. The zero-order valence-electron chi connectivity index (χ0n) is 12.8. The fourth-order valence-electron chi connectivity index (χ4n) is 2.09. The number of hydrogen-bond donors (Lipinski definition) is 2. The summed E-state index contributed by atoms with van der Waals surface area (Å²) in [5.74, 6) is -0.672. The summed E-state index contributed by atoms with van der Waals surface area (Å²) in [7, 11) is 0. The summed E-state index contributed by atoms with van der Waals surface area (Å²) in [6.07, 6.45) is -0.666. The molecule has 2 rings (SSSR count). The molecule has 1 atom stereocenters. The van der Waals surface area contributed by atoms with Crippen LogP contribution in [0.15, 0.2) is 42.5 Å². The van der Waals surface area contributed by atoms with Crippen molar-refractivity contribution >= 4 is 22.6 Å². The summed E-state index contributed by atoms with van der Waals surface area (Å²) < 4.78 is 10.6. The van der Waals surface area contributed by atoms with Crippen LogP contribution in [0.1, 0.15) is 6.92 Å². The van der Waals surface area contributed by atoms with Gasteiger partial charge in [0, 0.05) is 11.9 Å². The van der Waals surface area contributed by atoms with Crippen LogP contribution in [0.4, 0.5) is 0 Å². The van der Waals surface area contributed by atoms with Crippen LogP contribution in [0, 0.1) is 0 Å². The lowest BCUT2D eigenvalue weighted by Crippen LogP contribution is -2.38. The Kier molecular flexibility index (Phi) is 5.94. The van der Waals surface area contributed by atoms with Crippen LogP contribution in [0.5, 0.6) is 5.75 Å². The average Bonchev–Trinajstić information content (AvgIpc) is 2.54. The molecule has 0 aliphatic carbocycles. The van der Waals surface area contributed by atoms with Crippen LogP contribution in [-0.4, -0.2) is 42.8 Å². The van der Waals surface area contributed by atoms with Gasteiger partial charge in [-0.15, -0.1) is 0 Å². The second-order valence-electron chi connectivity index (χ2n) is 4.97. The Labute approximate surface area is 134 Å². The molecule has 0 aromatic heterocycles. The third-order valence-corrected chi connectivity index (χ3v) is 3.19. The Morgan fingerprint density at radius 2 is 1.91 bits per heavy atom. The molecule has 0 bridgehead atoms. The molecular weight excluding hydrogens is 298 g/mol. The number of carboxylic acids is 1. The van der Waals surface area contributed by atoms with Crippen molar-refractivity contribution in [3.63, 3.8) is 0 Å². The van der Waals surface area contributed by atoms with Crippen LogP contribution in [0.3, 0.4) is 0 Å². The summed E-state index contributed by atoms with van der Waals surface area (Å²) in [5, 5.41) is 13.1. The van der Waals surface area contributed by atoms with Gasteiger partial charge in [-0.3, -0.25) is 4.79 Å². The third kappa shape index (κ3) is 4.96. The number of rotatable bonds is 8. The summed E-state index contributed by atoms with van der Waals surface area (Å²) >= 11 is 0. The van der Waals surface area contributed by atoms with Gasteiger partial charge in [-0.25, -0.2) is 4.79 Å². The lowest BCUT2D eigenvalue weighted by atomic mass is 10.1. The Balaban J connectivity index is 1.86. The number of fused-ring (bicyclic) bond motifs is 1. The predicted molar refractivity (Wildman–Crippen MR) is 85.5 cm³/mol. The minimum Gasteiger partial charge on any atom is -0.480 e. The molecule has 1 amide bonds. The Morgan fingerprint density at radius 1 is 1.17 bits per heavy atom. The van der Waals surface area contributed by atoms with Crippen LogP contribution < -0.4 is 10.1 Å². The molecule has 2 aromatic carbocycles. The fraction of sp³-hybridized carbons (Fsp3) is 0.294. The topological polar surface area (TPSA) is 84.9 Å². The molecular formula is C17H19NO5. The van der Waals surface area contributed by atoms with Gasteiger partial charge in [-0.1, -0.05) is 36.4 Å². The zero-order chi connectivity index (χ0) is 16.7. The van der Waals surface area contributed by atoms with E-state index < -0.39 is 12.1 Å². The number of aliphatic carboxylic acids is 1. The predicted octanol–water partition coefficient (Wildman–Crippen LogP) is 1.82. The Bertz CT molecular complexity index is 680. The summed E-state index contributed by atoms with van der Waals surface area (Å²) in [5.41, 5.74) is 0. The van der Waals surface area contributed by atoms with Crippen molar-refractivity contribution in [2.45, 2.75) is 13.0 Å². The number of amides is 1. The van der Waals surface area contributed by atoms with E-state index in [9.17, 15) is 9.59 Å². The van der Waals surface area contributed by atoms with E-state index in [1.165, 1.54) is 0 Å². The molecule has 0 fully saturated rings. The molecule has 0 heterocycles. The number of nitrogens with one attached hydrogen (secondary N) is 1. The molecule has 2 N–H and O–H groups in total. The monoisotopic (exact) mass is 317 g/mol. The van der Waals surface area contributed by atoms with E-state index in [0.717, 1.165) is 10.8 Å². The van der Waals surface area contributed by atoms with Gasteiger partial charge in [-0.05, 0) is 18.4 Å². The quantitative estimate of drug-likeness (QED) is 0.726. The van der Waals surface area contributed by atoms with Crippen molar-refractivity contribution in [1.29, 1.82) is 0 Å². The van der Waals surface area contributed by atoms with Crippen molar-refractivity contribution in [3.05, 3.63) is 42.5 Å². The molecule has 0 radical (unpaired) electrons. The largest absolute Gasteiger partial charge is 0.480 e. The number of hydrogen-bond acceptors (Lipinski definition) is 4. The van der Waals surface area contributed by atoms with Gasteiger partial charge in [0.15, 0.2) is 6.10 Å². The molecule has 0 aliphatic heterocycles. The van der Waals surface area contributed by atoms with Gasteiger partial charge in [0.2, 0.25) is 0 Å². The van der Waals surface area contributed by atoms with Crippen LogP contribution in [-0.2, 0) is 14.3 Å². The highest BCUT2D eigenvalue weighted by Crippen LogP contribution is 2.25. The van der Waals surface area contributed by atoms with Crippen molar-refractivity contribution in [2.75, 3.05) is 19.8 Å². The van der Waals surface area contributed by atoms with E-state index in [0.29, 0.717) is 5.75 Å². The lowest BCUT2D eigenvalue weighted by Gasteiger charge is -2.16. The molecule has 23 heavy (non-hydrogen) atoms. The highest BCUT2D eigenvalue weighted by atomic mass is 16.5. The lowest BCUT2D eigenvalue weighted by molar-refractivity contribution is -0.142. The Morgan fingerprint density at radius 3 is 2.70 bits per heavy atom. The van der Waals surface area contributed by atoms with Crippen molar-refractivity contribution in [3.8, 4) is 5.75 Å². The maximum absolute atomic E-state index is 12.0. The SMILES string of the molecule is CC(Oc1cccc2ccccc12)C(=O)NCCOCC(=O)O. The minimum atomic E-state index is -1.04. The number of carboxylic acid groups (broad SMARTS) is 1. The molecule has 0 spiro atoms. The van der Waals surface area contributed by atoms with E-state index in [1.807, 2.05) is 42.5 Å². The van der Waals surface area contributed by atoms with E-state index >= 15 is 0 Å². The maximum Gasteiger partial charge on any atom is 0.329 e. The third-order valence-electron chi connectivity index (χ3n) is 3.19. The maximum atomic E-state index is 12.0. The first kappa shape index (κ1) is 16.8. The van der Waals surface area contributed by atoms with E-state index in [1.54, 1.807) is 6.92 Å². The number of carbonyl (C=O) groups excluding carboxylic acids is 1. The second kappa shape index (κ2) is 8.14. The highest BCUT2D eigenvalue weighted by molar-refractivity contribution is 5.89. The van der Waals surface area contributed by atoms with Crippen molar-refractivity contribution < 1.29 is 24.2 Å². The molecule has 0 saturated carbocycles. The Hall–Kier alpha value is -2.60. The second-order valence-corrected chi connectivity index (χ2v) is 4.97. The van der Waals surface area contributed by atoms with Gasteiger partial charge >= 0.3 is 5.97 Å². The van der Waals surface area contributed by atoms with Gasteiger partial charge in [0.25, 0.3) is 5.91 Å². The van der Waals surface area contributed by atoms with Crippen molar-refractivity contribution in [2.24, 2.45) is 0 Å². The van der Waals surface area contributed by atoms with E-state index in [-0.39, 0.29) is 25.7 Å². The molecule has 122 valence electrons. The standard InChI is InChI=1S/C17H19NO5/c1-12(17(21)18-9-10-22-11-16(19)20)23-15-8-4-6-13-5-2-3-7-14(13)15/h2-8,12H,9-11H2,1H3,(H,18,21)(H,19,20). The molecule has 1 unspecified atom stereocenters. The van der Waals surface area contributed by atoms with E-state index in [4.69, 9.17) is 14.6 Å². The van der Waals surface area contributed by atoms with Gasteiger partial charge in [0.05, 0.1) is 6.61 Å².